The quantitative estimate of drug-likeness (QED) is 0.250. The number of hydrogen-bond acceptors (Lipinski definition) is 6. The molecule has 2 N–H and O–H groups in total. The lowest BCUT2D eigenvalue weighted by atomic mass is 9.92. The molecule has 204 valence electrons. The fourth-order valence-corrected chi connectivity index (χ4v) is 4.88. The second kappa shape index (κ2) is 10.8. The number of rotatable bonds is 6. The predicted molar refractivity (Wildman–Crippen MR) is 132 cm³/mol. The van der Waals surface area contributed by atoms with Crippen molar-refractivity contribution in [3.05, 3.63) is 105 Å². The molecule has 0 amide bonds. The number of methoxy groups -OCH3 is 1. The van der Waals surface area contributed by atoms with E-state index in [1.807, 2.05) is 0 Å². The SMILES string of the molecule is CNS(=O)(=O)c1ccc(C2=C(C(=O)OC)C(c3ccc(F)c(F)c3Cl)N=C(c3c(F)cc(F)cc3F)N2)cc1. The topological polar surface area (TPSA) is 96.9 Å². The molecule has 0 saturated heterocycles. The summed E-state index contributed by atoms with van der Waals surface area (Å²) in [5.41, 5.74) is -1.47. The fourth-order valence-electron chi connectivity index (χ4n) is 3.89. The Bertz CT molecular complexity index is 1640. The van der Waals surface area contributed by atoms with Gasteiger partial charge in [-0.3, -0.25) is 4.99 Å². The van der Waals surface area contributed by atoms with Gasteiger partial charge in [0.2, 0.25) is 10.0 Å². The maximum atomic E-state index is 14.8. The Morgan fingerprint density at radius 1 is 1.00 bits per heavy atom. The van der Waals surface area contributed by atoms with E-state index in [1.165, 1.54) is 31.3 Å². The number of nitrogens with zero attached hydrogens (tertiary/aromatic N) is 1. The zero-order valence-electron chi connectivity index (χ0n) is 20.0. The molecule has 3 aromatic rings. The van der Waals surface area contributed by atoms with E-state index in [2.05, 4.69) is 15.0 Å². The number of amidine groups is 1. The molecule has 0 saturated carbocycles. The number of ether oxygens (including phenoxy) is 1. The molecule has 1 unspecified atom stereocenters. The minimum absolute atomic E-state index is 0.115. The van der Waals surface area contributed by atoms with Gasteiger partial charge in [0.15, 0.2) is 11.6 Å². The highest BCUT2D eigenvalue weighted by Crippen LogP contribution is 2.40. The molecule has 0 fully saturated rings. The van der Waals surface area contributed by atoms with Gasteiger partial charge in [0, 0.05) is 17.7 Å². The summed E-state index contributed by atoms with van der Waals surface area (Å²) in [5, 5.41) is 1.86. The number of carbonyl (C=O) groups excluding carboxylic acids is 1. The number of aliphatic imine (C=N–C) groups is 1. The molecule has 0 radical (unpaired) electrons. The molecule has 1 heterocycles. The van der Waals surface area contributed by atoms with Gasteiger partial charge in [0.05, 0.1) is 33.9 Å². The molecule has 14 heteroatoms. The zero-order chi connectivity index (χ0) is 28.6. The second-order valence-corrected chi connectivity index (χ2v) is 10.3. The van der Waals surface area contributed by atoms with Crippen molar-refractivity contribution < 1.29 is 39.9 Å². The lowest BCUT2D eigenvalue weighted by Crippen LogP contribution is -2.34. The van der Waals surface area contributed by atoms with E-state index in [1.54, 1.807) is 0 Å². The van der Waals surface area contributed by atoms with Crippen LogP contribution in [0.2, 0.25) is 5.02 Å². The molecule has 1 aliphatic heterocycles. The van der Waals surface area contributed by atoms with Crippen molar-refractivity contribution in [3.8, 4) is 0 Å². The number of nitrogens with one attached hydrogen (secondary N) is 2. The van der Waals surface area contributed by atoms with Gasteiger partial charge in [-0.05, 0) is 30.8 Å². The van der Waals surface area contributed by atoms with Gasteiger partial charge in [-0.15, -0.1) is 0 Å². The lowest BCUT2D eigenvalue weighted by molar-refractivity contribution is -0.136. The normalized spacial score (nSPS) is 15.6. The minimum atomic E-state index is -3.85. The number of hydrogen-bond donors (Lipinski definition) is 2. The summed E-state index contributed by atoms with van der Waals surface area (Å²) < 4.78 is 103. The first kappa shape index (κ1) is 28.2. The standard InChI is InChI=1S/C25H17ClF5N3O4S/c1-32-39(36,37)13-5-3-11(4-6-13)22-19(25(35)38-2)23(14-7-8-15(28)21(31)20(14)26)34-24(33-22)18-16(29)9-12(27)10-17(18)30/h3-10,23,32H,1-2H3,(H,33,34). The van der Waals surface area contributed by atoms with Crippen LogP contribution in [0.1, 0.15) is 22.7 Å². The van der Waals surface area contributed by atoms with E-state index in [-0.39, 0.29) is 27.3 Å². The number of esters is 1. The van der Waals surface area contributed by atoms with Crippen LogP contribution in [0.5, 0.6) is 0 Å². The molecule has 1 aliphatic rings. The van der Waals surface area contributed by atoms with Gasteiger partial charge >= 0.3 is 5.97 Å². The van der Waals surface area contributed by atoms with Crippen LogP contribution >= 0.6 is 11.6 Å². The van der Waals surface area contributed by atoms with Crippen LogP contribution in [0, 0.1) is 29.1 Å². The Labute approximate surface area is 224 Å². The van der Waals surface area contributed by atoms with Crippen molar-refractivity contribution in [3.63, 3.8) is 0 Å². The van der Waals surface area contributed by atoms with E-state index in [0.29, 0.717) is 12.1 Å². The van der Waals surface area contributed by atoms with Gasteiger partial charge in [0.1, 0.15) is 29.3 Å². The molecule has 3 aromatic carbocycles. The first-order valence-electron chi connectivity index (χ1n) is 10.9. The lowest BCUT2D eigenvalue weighted by Gasteiger charge is -2.28. The zero-order valence-corrected chi connectivity index (χ0v) is 21.5. The third kappa shape index (κ3) is 5.24. The van der Waals surface area contributed by atoms with Gasteiger partial charge in [-0.1, -0.05) is 29.8 Å². The van der Waals surface area contributed by atoms with E-state index in [4.69, 9.17) is 16.3 Å². The van der Waals surface area contributed by atoms with Crippen LogP contribution in [-0.4, -0.2) is 34.4 Å². The van der Waals surface area contributed by atoms with Gasteiger partial charge in [-0.25, -0.2) is 39.9 Å². The summed E-state index contributed by atoms with van der Waals surface area (Å²) in [6.45, 7) is 0. The van der Waals surface area contributed by atoms with Gasteiger partial charge in [0.25, 0.3) is 0 Å². The first-order valence-corrected chi connectivity index (χ1v) is 12.7. The van der Waals surface area contributed by atoms with Gasteiger partial charge in [-0.2, -0.15) is 0 Å². The van der Waals surface area contributed by atoms with Crippen molar-refractivity contribution in [2.24, 2.45) is 4.99 Å². The highest BCUT2D eigenvalue weighted by atomic mass is 35.5. The third-order valence-corrected chi connectivity index (χ3v) is 7.59. The monoisotopic (exact) mass is 585 g/mol. The van der Waals surface area contributed by atoms with Crippen LogP contribution < -0.4 is 10.0 Å². The molecule has 0 spiro atoms. The van der Waals surface area contributed by atoms with Crippen molar-refractivity contribution in [1.29, 1.82) is 0 Å². The Balaban J connectivity index is 2.02. The molecular formula is C25H17ClF5N3O4S. The van der Waals surface area contributed by atoms with E-state index >= 15 is 0 Å². The number of carbonyl (C=O) groups is 1. The maximum Gasteiger partial charge on any atom is 0.338 e. The molecular weight excluding hydrogens is 569 g/mol. The van der Waals surface area contributed by atoms with Crippen molar-refractivity contribution in [2.75, 3.05) is 14.2 Å². The van der Waals surface area contributed by atoms with Crippen LogP contribution in [0.25, 0.3) is 5.70 Å². The summed E-state index contributed by atoms with van der Waals surface area (Å²) in [4.78, 5) is 17.0. The highest BCUT2D eigenvalue weighted by molar-refractivity contribution is 7.89. The van der Waals surface area contributed by atoms with Gasteiger partial charge < -0.3 is 10.1 Å². The summed E-state index contributed by atoms with van der Waals surface area (Å²) in [6, 6.07) is 5.88. The highest BCUT2D eigenvalue weighted by Gasteiger charge is 2.36. The molecule has 7 nitrogen and oxygen atoms in total. The fraction of sp³-hybridized carbons (Fsp3) is 0.120. The smallest absolute Gasteiger partial charge is 0.338 e. The largest absolute Gasteiger partial charge is 0.466 e. The summed E-state index contributed by atoms with van der Waals surface area (Å²) in [5.74, 6) is -8.27. The average molecular weight is 586 g/mol. The number of sulfonamides is 1. The van der Waals surface area contributed by atoms with Crippen LogP contribution in [0.15, 0.2) is 64.0 Å². The maximum absolute atomic E-state index is 14.8. The summed E-state index contributed by atoms with van der Waals surface area (Å²) in [7, 11) is -1.62. The van der Waals surface area contributed by atoms with E-state index < -0.39 is 67.5 Å². The van der Waals surface area contributed by atoms with Crippen LogP contribution in [0.3, 0.4) is 0 Å². The second-order valence-electron chi connectivity index (χ2n) is 8.03. The van der Waals surface area contributed by atoms with Crippen LogP contribution in [-0.2, 0) is 19.6 Å². The van der Waals surface area contributed by atoms with Crippen molar-refractivity contribution in [2.45, 2.75) is 10.9 Å². The third-order valence-electron chi connectivity index (χ3n) is 5.78. The summed E-state index contributed by atoms with van der Waals surface area (Å²) >= 11 is 6.05. The van der Waals surface area contributed by atoms with E-state index in [9.17, 15) is 35.2 Å². The molecule has 39 heavy (non-hydrogen) atoms. The summed E-state index contributed by atoms with van der Waals surface area (Å²) in [6.07, 6.45) is 0. The molecule has 0 aliphatic carbocycles. The Kier molecular flexibility index (Phi) is 7.77. The van der Waals surface area contributed by atoms with Crippen molar-refractivity contribution in [1.82, 2.24) is 10.0 Å². The van der Waals surface area contributed by atoms with E-state index in [0.717, 1.165) is 19.2 Å². The Morgan fingerprint density at radius 2 is 1.62 bits per heavy atom. The Hall–Kier alpha value is -3.81. The Morgan fingerprint density at radius 3 is 2.18 bits per heavy atom. The predicted octanol–water partition coefficient (Wildman–Crippen LogP) is 4.62. The molecule has 1 atom stereocenters. The molecule has 4 rings (SSSR count). The van der Waals surface area contributed by atoms with Crippen LogP contribution in [0.4, 0.5) is 22.0 Å². The minimum Gasteiger partial charge on any atom is -0.466 e. The molecule has 0 bridgehead atoms. The average Bonchev–Trinajstić information content (AvgIpc) is 2.90. The number of halogens is 6. The van der Waals surface area contributed by atoms with Crippen molar-refractivity contribution >= 4 is 39.1 Å². The first-order chi connectivity index (χ1) is 18.4. The molecule has 0 aromatic heterocycles. The number of benzene rings is 3.